The second-order valence-corrected chi connectivity index (χ2v) is 4.55. The predicted octanol–water partition coefficient (Wildman–Crippen LogP) is 3.19. The van der Waals surface area contributed by atoms with E-state index >= 15 is 0 Å². The van der Waals surface area contributed by atoms with Crippen molar-refractivity contribution >= 4 is 0 Å². The zero-order valence-corrected chi connectivity index (χ0v) is 8.87. The lowest BCUT2D eigenvalue weighted by molar-refractivity contribution is 0.277. The standard InChI is InChI=1S/C13H19N/c1-10-4-2-7-12(8-10)13(14)9-11-5-3-6-11/h2,4,7-8,11,13H,3,5-6,9,14H2,1H3. The monoisotopic (exact) mass is 189 g/mol. The molecule has 2 rings (SSSR count). The van der Waals surface area contributed by atoms with E-state index in [0.717, 1.165) is 5.92 Å². The summed E-state index contributed by atoms with van der Waals surface area (Å²) in [5.74, 6) is 0.894. The third-order valence-corrected chi connectivity index (χ3v) is 3.28. The highest BCUT2D eigenvalue weighted by Crippen LogP contribution is 2.33. The molecule has 0 saturated heterocycles. The van der Waals surface area contributed by atoms with Crippen LogP contribution in [0.2, 0.25) is 0 Å². The van der Waals surface area contributed by atoms with Crippen LogP contribution in [0.3, 0.4) is 0 Å². The Morgan fingerprint density at radius 3 is 2.79 bits per heavy atom. The van der Waals surface area contributed by atoms with Gasteiger partial charge in [-0.05, 0) is 24.8 Å². The van der Waals surface area contributed by atoms with Crippen LogP contribution in [0.15, 0.2) is 24.3 Å². The number of rotatable bonds is 3. The lowest BCUT2D eigenvalue weighted by Crippen LogP contribution is -2.20. The predicted molar refractivity (Wildman–Crippen MR) is 60.1 cm³/mol. The highest BCUT2D eigenvalue weighted by Gasteiger charge is 2.20. The van der Waals surface area contributed by atoms with Crippen molar-refractivity contribution < 1.29 is 0 Å². The summed E-state index contributed by atoms with van der Waals surface area (Å²) in [6.07, 6.45) is 5.35. The molecule has 76 valence electrons. The third-order valence-electron chi connectivity index (χ3n) is 3.28. The largest absolute Gasteiger partial charge is 0.324 e. The van der Waals surface area contributed by atoms with Gasteiger partial charge in [-0.15, -0.1) is 0 Å². The number of hydrogen-bond donors (Lipinski definition) is 1. The fraction of sp³-hybridized carbons (Fsp3) is 0.538. The normalized spacial score (nSPS) is 19.0. The van der Waals surface area contributed by atoms with Crippen molar-refractivity contribution in [1.29, 1.82) is 0 Å². The smallest absolute Gasteiger partial charge is 0.0297 e. The van der Waals surface area contributed by atoms with Gasteiger partial charge < -0.3 is 5.73 Å². The van der Waals surface area contributed by atoms with E-state index in [0.29, 0.717) is 0 Å². The minimum absolute atomic E-state index is 0.250. The van der Waals surface area contributed by atoms with Gasteiger partial charge in [0.25, 0.3) is 0 Å². The van der Waals surface area contributed by atoms with Crippen LogP contribution >= 0.6 is 0 Å². The van der Waals surface area contributed by atoms with Crippen molar-refractivity contribution in [2.24, 2.45) is 11.7 Å². The Hall–Kier alpha value is -0.820. The highest BCUT2D eigenvalue weighted by atomic mass is 14.6. The Morgan fingerprint density at radius 2 is 2.21 bits per heavy atom. The molecule has 1 aliphatic rings. The van der Waals surface area contributed by atoms with Crippen molar-refractivity contribution in [3.63, 3.8) is 0 Å². The van der Waals surface area contributed by atoms with Crippen molar-refractivity contribution in [2.75, 3.05) is 0 Å². The Balaban J connectivity index is 1.98. The molecular weight excluding hydrogens is 170 g/mol. The highest BCUT2D eigenvalue weighted by molar-refractivity contribution is 5.24. The second kappa shape index (κ2) is 4.14. The summed E-state index contributed by atoms with van der Waals surface area (Å²) in [5.41, 5.74) is 8.79. The first-order valence-corrected chi connectivity index (χ1v) is 5.58. The zero-order valence-electron chi connectivity index (χ0n) is 8.87. The summed E-state index contributed by atoms with van der Waals surface area (Å²) in [7, 11) is 0. The van der Waals surface area contributed by atoms with Gasteiger partial charge in [-0.3, -0.25) is 0 Å². The van der Waals surface area contributed by atoms with Gasteiger partial charge in [0.15, 0.2) is 0 Å². The molecule has 0 heterocycles. The molecule has 1 aromatic carbocycles. The lowest BCUT2D eigenvalue weighted by Gasteiger charge is -2.28. The number of aryl methyl sites for hydroxylation is 1. The van der Waals surface area contributed by atoms with Gasteiger partial charge >= 0.3 is 0 Å². The molecule has 0 aliphatic heterocycles. The maximum absolute atomic E-state index is 6.17. The average molecular weight is 189 g/mol. The summed E-state index contributed by atoms with van der Waals surface area (Å²) in [6.45, 7) is 2.12. The van der Waals surface area contributed by atoms with Crippen molar-refractivity contribution in [3.05, 3.63) is 35.4 Å². The first-order valence-electron chi connectivity index (χ1n) is 5.58. The number of benzene rings is 1. The van der Waals surface area contributed by atoms with Crippen molar-refractivity contribution in [2.45, 2.75) is 38.6 Å². The quantitative estimate of drug-likeness (QED) is 0.776. The van der Waals surface area contributed by atoms with Crippen LogP contribution in [-0.2, 0) is 0 Å². The maximum atomic E-state index is 6.17. The van der Waals surface area contributed by atoms with Crippen LogP contribution in [0.4, 0.5) is 0 Å². The van der Waals surface area contributed by atoms with E-state index in [-0.39, 0.29) is 6.04 Å². The van der Waals surface area contributed by atoms with E-state index in [1.54, 1.807) is 0 Å². The molecule has 1 heteroatoms. The van der Waals surface area contributed by atoms with Gasteiger partial charge in [0, 0.05) is 6.04 Å². The fourth-order valence-corrected chi connectivity index (χ4v) is 2.12. The molecule has 1 fully saturated rings. The van der Waals surface area contributed by atoms with Gasteiger partial charge in [-0.1, -0.05) is 49.1 Å². The summed E-state index contributed by atoms with van der Waals surface area (Å²) >= 11 is 0. The van der Waals surface area contributed by atoms with E-state index in [9.17, 15) is 0 Å². The molecule has 1 aliphatic carbocycles. The average Bonchev–Trinajstić information content (AvgIpc) is 2.11. The first-order chi connectivity index (χ1) is 6.75. The Kier molecular flexibility index (Phi) is 2.87. The molecule has 0 amide bonds. The molecular formula is C13H19N. The van der Waals surface area contributed by atoms with Crippen LogP contribution in [-0.4, -0.2) is 0 Å². The first kappa shape index (κ1) is 9.72. The molecule has 0 radical (unpaired) electrons. The fourth-order valence-electron chi connectivity index (χ4n) is 2.12. The molecule has 2 N–H and O–H groups in total. The zero-order chi connectivity index (χ0) is 9.97. The van der Waals surface area contributed by atoms with Gasteiger partial charge in [0.1, 0.15) is 0 Å². The molecule has 0 bridgehead atoms. The summed E-state index contributed by atoms with van der Waals surface area (Å²) in [6, 6.07) is 8.84. The second-order valence-electron chi connectivity index (χ2n) is 4.55. The van der Waals surface area contributed by atoms with Gasteiger partial charge in [-0.2, -0.15) is 0 Å². The summed E-state index contributed by atoms with van der Waals surface area (Å²) in [4.78, 5) is 0. The minimum atomic E-state index is 0.250. The van der Waals surface area contributed by atoms with Crippen molar-refractivity contribution in [3.8, 4) is 0 Å². The van der Waals surface area contributed by atoms with Gasteiger partial charge in [0.2, 0.25) is 0 Å². The lowest BCUT2D eigenvalue weighted by atomic mass is 9.80. The molecule has 1 aromatic rings. The molecule has 1 atom stereocenters. The Morgan fingerprint density at radius 1 is 1.43 bits per heavy atom. The van der Waals surface area contributed by atoms with Gasteiger partial charge in [-0.25, -0.2) is 0 Å². The molecule has 1 unspecified atom stereocenters. The summed E-state index contributed by atoms with van der Waals surface area (Å²) < 4.78 is 0. The van der Waals surface area contributed by atoms with Crippen LogP contribution in [0, 0.1) is 12.8 Å². The van der Waals surface area contributed by atoms with E-state index < -0.39 is 0 Å². The third kappa shape index (κ3) is 2.16. The van der Waals surface area contributed by atoms with Crippen LogP contribution in [0.25, 0.3) is 0 Å². The topological polar surface area (TPSA) is 26.0 Å². The van der Waals surface area contributed by atoms with Crippen LogP contribution in [0.1, 0.15) is 42.9 Å². The van der Waals surface area contributed by atoms with Gasteiger partial charge in [0.05, 0.1) is 0 Å². The molecule has 0 spiro atoms. The Bertz CT molecular complexity index is 302. The number of nitrogens with two attached hydrogens (primary N) is 1. The SMILES string of the molecule is Cc1cccc(C(N)CC2CCC2)c1. The summed E-state index contributed by atoms with van der Waals surface area (Å²) in [5, 5.41) is 0. The van der Waals surface area contributed by atoms with Crippen LogP contribution in [0.5, 0.6) is 0 Å². The van der Waals surface area contributed by atoms with E-state index in [1.807, 2.05) is 0 Å². The van der Waals surface area contributed by atoms with Crippen molar-refractivity contribution in [1.82, 2.24) is 0 Å². The molecule has 1 saturated carbocycles. The van der Waals surface area contributed by atoms with Crippen LogP contribution < -0.4 is 5.73 Å². The number of hydrogen-bond acceptors (Lipinski definition) is 1. The van der Waals surface area contributed by atoms with E-state index in [1.165, 1.54) is 36.8 Å². The van der Waals surface area contributed by atoms with E-state index in [2.05, 4.69) is 31.2 Å². The Labute approximate surface area is 86.3 Å². The van der Waals surface area contributed by atoms with E-state index in [4.69, 9.17) is 5.73 Å². The maximum Gasteiger partial charge on any atom is 0.0297 e. The molecule has 14 heavy (non-hydrogen) atoms. The molecule has 0 aromatic heterocycles. The minimum Gasteiger partial charge on any atom is -0.324 e. The molecule has 1 nitrogen and oxygen atoms in total.